The number of esters is 1. The Balaban J connectivity index is 1.72. The summed E-state index contributed by atoms with van der Waals surface area (Å²) in [5.74, 6) is -0.480. The Morgan fingerprint density at radius 2 is 1.36 bits per heavy atom. The summed E-state index contributed by atoms with van der Waals surface area (Å²) < 4.78 is 4.76. The maximum Gasteiger partial charge on any atom is 0.339 e. The standard InChI is InChI=1S/C23H22N2O3/c1-28-22(26)19-14-8-9-15-21(19)25-23(27)24-16-20(17-10-4-2-5-11-17)18-12-6-3-7-13-18/h2-15,20H,16H2,1H3,(H2,24,25,27). The Bertz CT molecular complexity index is 887. The maximum absolute atomic E-state index is 12.5. The van der Waals surface area contributed by atoms with Gasteiger partial charge in [-0.3, -0.25) is 0 Å². The van der Waals surface area contributed by atoms with Gasteiger partial charge in [-0.05, 0) is 23.3 Å². The number of nitrogens with one attached hydrogen (secondary N) is 2. The monoisotopic (exact) mass is 374 g/mol. The van der Waals surface area contributed by atoms with Crippen molar-refractivity contribution in [3.8, 4) is 0 Å². The Hall–Kier alpha value is -3.60. The van der Waals surface area contributed by atoms with Gasteiger partial charge >= 0.3 is 12.0 Å². The highest BCUT2D eigenvalue weighted by Crippen LogP contribution is 2.24. The molecule has 5 heteroatoms. The molecule has 0 aliphatic heterocycles. The first-order chi connectivity index (χ1) is 13.7. The fraction of sp³-hybridized carbons (Fsp3) is 0.130. The van der Waals surface area contributed by atoms with Gasteiger partial charge in [-0.25, -0.2) is 9.59 Å². The van der Waals surface area contributed by atoms with Crippen LogP contribution in [0.4, 0.5) is 10.5 Å². The zero-order chi connectivity index (χ0) is 19.8. The first-order valence-corrected chi connectivity index (χ1v) is 9.01. The first-order valence-electron chi connectivity index (χ1n) is 9.01. The topological polar surface area (TPSA) is 67.4 Å². The second kappa shape index (κ2) is 9.37. The summed E-state index contributed by atoms with van der Waals surface area (Å²) in [7, 11) is 1.31. The highest BCUT2D eigenvalue weighted by Gasteiger charge is 2.17. The number of rotatable bonds is 6. The number of methoxy groups -OCH3 is 1. The summed E-state index contributed by atoms with van der Waals surface area (Å²) in [5.41, 5.74) is 2.94. The van der Waals surface area contributed by atoms with Crippen molar-refractivity contribution in [2.45, 2.75) is 5.92 Å². The van der Waals surface area contributed by atoms with Crippen molar-refractivity contribution in [1.82, 2.24) is 5.32 Å². The number of carbonyl (C=O) groups excluding carboxylic acids is 2. The van der Waals surface area contributed by atoms with Crippen LogP contribution in [0.3, 0.4) is 0 Å². The zero-order valence-electron chi connectivity index (χ0n) is 15.6. The highest BCUT2D eigenvalue weighted by molar-refractivity contribution is 6.00. The van der Waals surface area contributed by atoms with Crippen LogP contribution >= 0.6 is 0 Å². The fourth-order valence-corrected chi connectivity index (χ4v) is 3.04. The molecule has 0 radical (unpaired) electrons. The Morgan fingerprint density at radius 1 is 0.821 bits per heavy atom. The average Bonchev–Trinajstić information content (AvgIpc) is 2.75. The molecule has 142 valence electrons. The molecule has 0 saturated heterocycles. The molecule has 0 spiro atoms. The van der Waals surface area contributed by atoms with Crippen LogP contribution in [-0.2, 0) is 4.74 Å². The lowest BCUT2D eigenvalue weighted by atomic mass is 9.91. The minimum absolute atomic E-state index is 0.0176. The lowest BCUT2D eigenvalue weighted by Crippen LogP contribution is -2.33. The van der Waals surface area contributed by atoms with Crippen LogP contribution in [0.25, 0.3) is 0 Å². The zero-order valence-corrected chi connectivity index (χ0v) is 15.6. The number of ether oxygens (including phenoxy) is 1. The van der Waals surface area contributed by atoms with Crippen LogP contribution in [-0.4, -0.2) is 25.7 Å². The molecule has 3 rings (SSSR count). The van der Waals surface area contributed by atoms with E-state index in [1.165, 1.54) is 7.11 Å². The van der Waals surface area contributed by atoms with Crippen molar-refractivity contribution in [1.29, 1.82) is 0 Å². The molecule has 3 aromatic carbocycles. The first kappa shape index (κ1) is 19.2. The molecule has 5 nitrogen and oxygen atoms in total. The van der Waals surface area contributed by atoms with Gasteiger partial charge < -0.3 is 15.4 Å². The summed E-state index contributed by atoms with van der Waals surface area (Å²) >= 11 is 0. The van der Waals surface area contributed by atoms with Gasteiger partial charge in [-0.15, -0.1) is 0 Å². The van der Waals surface area contributed by atoms with Crippen molar-refractivity contribution in [3.63, 3.8) is 0 Å². The van der Waals surface area contributed by atoms with Gasteiger partial charge in [0.15, 0.2) is 0 Å². The summed E-state index contributed by atoms with van der Waals surface area (Å²) in [6.07, 6.45) is 0. The maximum atomic E-state index is 12.5. The Labute approximate surface area is 164 Å². The molecule has 0 heterocycles. The van der Waals surface area contributed by atoms with E-state index >= 15 is 0 Å². The number of benzene rings is 3. The molecular weight excluding hydrogens is 352 g/mol. The molecule has 0 fully saturated rings. The van der Waals surface area contributed by atoms with Gasteiger partial charge in [0, 0.05) is 12.5 Å². The highest BCUT2D eigenvalue weighted by atomic mass is 16.5. The summed E-state index contributed by atoms with van der Waals surface area (Å²) in [5, 5.41) is 5.64. The van der Waals surface area contributed by atoms with Crippen molar-refractivity contribution in [2.75, 3.05) is 19.0 Å². The van der Waals surface area contributed by atoms with Crippen molar-refractivity contribution >= 4 is 17.7 Å². The van der Waals surface area contributed by atoms with Crippen LogP contribution in [0.15, 0.2) is 84.9 Å². The second-order valence-corrected chi connectivity index (χ2v) is 6.25. The molecule has 0 aliphatic carbocycles. The normalized spacial score (nSPS) is 10.4. The van der Waals surface area contributed by atoms with E-state index in [-0.39, 0.29) is 11.9 Å². The number of amides is 2. The smallest absolute Gasteiger partial charge is 0.339 e. The number of carbonyl (C=O) groups is 2. The molecule has 2 N–H and O–H groups in total. The number of hydrogen-bond donors (Lipinski definition) is 2. The molecular formula is C23H22N2O3. The van der Waals surface area contributed by atoms with Gasteiger partial charge in [-0.2, -0.15) is 0 Å². The van der Waals surface area contributed by atoms with E-state index in [9.17, 15) is 9.59 Å². The average molecular weight is 374 g/mol. The van der Waals surface area contributed by atoms with Crippen molar-refractivity contribution in [2.24, 2.45) is 0 Å². The molecule has 0 bridgehead atoms. The second-order valence-electron chi connectivity index (χ2n) is 6.25. The van der Waals surface area contributed by atoms with Crippen LogP contribution in [0.5, 0.6) is 0 Å². The molecule has 0 aromatic heterocycles. The molecule has 2 amide bonds. The summed E-state index contributed by atoms with van der Waals surface area (Å²) in [6.45, 7) is 0.417. The third-order valence-electron chi connectivity index (χ3n) is 4.45. The van der Waals surface area contributed by atoms with E-state index in [2.05, 4.69) is 10.6 Å². The molecule has 0 unspecified atom stereocenters. The van der Waals surface area contributed by atoms with E-state index in [4.69, 9.17) is 4.74 Å². The van der Waals surface area contributed by atoms with E-state index in [0.717, 1.165) is 11.1 Å². The minimum atomic E-state index is -0.498. The number of anilines is 1. The van der Waals surface area contributed by atoms with Crippen LogP contribution in [0, 0.1) is 0 Å². The van der Waals surface area contributed by atoms with Crippen LogP contribution < -0.4 is 10.6 Å². The van der Waals surface area contributed by atoms with Gasteiger partial charge in [0.05, 0.1) is 18.4 Å². The summed E-state index contributed by atoms with van der Waals surface area (Å²) in [4.78, 5) is 24.3. The van der Waals surface area contributed by atoms with Crippen molar-refractivity contribution in [3.05, 3.63) is 102 Å². The lowest BCUT2D eigenvalue weighted by Gasteiger charge is -2.19. The quantitative estimate of drug-likeness (QED) is 0.628. The van der Waals surface area contributed by atoms with Crippen molar-refractivity contribution < 1.29 is 14.3 Å². The van der Waals surface area contributed by atoms with E-state index < -0.39 is 5.97 Å². The van der Waals surface area contributed by atoms with Gasteiger partial charge in [0.25, 0.3) is 0 Å². The van der Waals surface area contributed by atoms with E-state index in [0.29, 0.717) is 17.8 Å². The fourth-order valence-electron chi connectivity index (χ4n) is 3.04. The van der Waals surface area contributed by atoms with E-state index in [1.807, 2.05) is 60.7 Å². The molecule has 3 aromatic rings. The lowest BCUT2D eigenvalue weighted by molar-refractivity contribution is 0.0602. The number of urea groups is 1. The number of para-hydroxylation sites is 1. The molecule has 28 heavy (non-hydrogen) atoms. The Morgan fingerprint density at radius 3 is 1.93 bits per heavy atom. The predicted octanol–water partition coefficient (Wildman–Crippen LogP) is 4.43. The third kappa shape index (κ3) is 4.76. The van der Waals surface area contributed by atoms with Crippen LogP contribution in [0.1, 0.15) is 27.4 Å². The molecule has 0 saturated carbocycles. The predicted molar refractivity (Wildman–Crippen MR) is 110 cm³/mol. The molecule has 0 aliphatic rings. The van der Waals surface area contributed by atoms with Gasteiger partial charge in [0.2, 0.25) is 0 Å². The summed E-state index contributed by atoms with van der Waals surface area (Å²) in [6, 6.07) is 26.4. The number of hydrogen-bond acceptors (Lipinski definition) is 3. The van der Waals surface area contributed by atoms with E-state index in [1.54, 1.807) is 24.3 Å². The largest absolute Gasteiger partial charge is 0.465 e. The minimum Gasteiger partial charge on any atom is -0.465 e. The SMILES string of the molecule is COC(=O)c1ccccc1NC(=O)NCC(c1ccccc1)c1ccccc1. The third-order valence-corrected chi connectivity index (χ3v) is 4.45. The molecule has 0 atom stereocenters. The van der Waals surface area contributed by atoms with Crippen LogP contribution in [0.2, 0.25) is 0 Å². The van der Waals surface area contributed by atoms with Gasteiger partial charge in [-0.1, -0.05) is 72.8 Å². The Kier molecular flexibility index (Phi) is 6.41. The van der Waals surface area contributed by atoms with Gasteiger partial charge in [0.1, 0.15) is 0 Å².